The molecule has 0 aliphatic rings. The fourth-order valence-corrected chi connectivity index (χ4v) is 2.10. The predicted octanol–water partition coefficient (Wildman–Crippen LogP) is 3.42. The molecule has 1 aromatic carbocycles. The minimum absolute atomic E-state index is 0.701. The first kappa shape index (κ1) is 12.4. The number of rotatable bonds is 5. The van der Waals surface area contributed by atoms with Gasteiger partial charge in [-0.1, -0.05) is 44.9 Å². The Hall–Kier alpha value is -0.715. The van der Waals surface area contributed by atoms with Crippen molar-refractivity contribution in [2.24, 2.45) is 0 Å². The van der Waals surface area contributed by atoms with E-state index in [0.717, 1.165) is 0 Å². The molecule has 0 spiro atoms. The van der Waals surface area contributed by atoms with Gasteiger partial charge in [-0.05, 0) is 42.3 Å². The number of benzene rings is 1. The molecule has 0 nitrogen and oxygen atoms in total. The summed E-state index contributed by atoms with van der Waals surface area (Å²) in [7, 11) is 2.33. The zero-order chi connectivity index (χ0) is 11.3. The van der Waals surface area contributed by atoms with Gasteiger partial charge in [0.25, 0.3) is 0 Å². The van der Waals surface area contributed by atoms with Gasteiger partial charge in [-0.2, -0.15) is 0 Å². The van der Waals surface area contributed by atoms with E-state index in [4.69, 9.17) is 0 Å². The fraction of sp³-hybridized carbons (Fsp3) is 0.571. The van der Waals surface area contributed by atoms with E-state index in [2.05, 4.69) is 46.8 Å². The molecule has 0 saturated heterocycles. The molecule has 0 radical (unpaired) electrons. The highest BCUT2D eigenvalue weighted by Crippen LogP contribution is 2.23. The Bertz CT molecular complexity index is 304. The number of hydrogen-bond acceptors (Lipinski definition) is 0. The van der Waals surface area contributed by atoms with Crippen molar-refractivity contribution in [1.29, 1.82) is 0 Å². The molecule has 82 valence electrons. The van der Waals surface area contributed by atoms with Crippen molar-refractivity contribution in [2.75, 3.05) is 0 Å². The second-order valence-corrected chi connectivity index (χ2v) is 4.54. The lowest BCUT2D eigenvalue weighted by Crippen LogP contribution is -2.02. The van der Waals surface area contributed by atoms with Gasteiger partial charge in [0, 0.05) is 0 Å². The first-order valence-corrected chi connectivity index (χ1v) is 6.29. The first-order chi connectivity index (χ1) is 7.20. The van der Waals surface area contributed by atoms with Crippen LogP contribution in [0.4, 0.5) is 0 Å². The van der Waals surface area contributed by atoms with Gasteiger partial charge in [0.05, 0.1) is 0 Å². The SMILES string of the molecule is BC(CC)c1cccc(CCCC)c1C. The van der Waals surface area contributed by atoms with Gasteiger partial charge in [0.15, 0.2) is 0 Å². The highest BCUT2D eigenvalue weighted by Gasteiger charge is 2.08. The van der Waals surface area contributed by atoms with Gasteiger partial charge in [-0.3, -0.25) is 0 Å². The van der Waals surface area contributed by atoms with E-state index in [0.29, 0.717) is 5.82 Å². The Kier molecular flexibility index (Phi) is 4.94. The van der Waals surface area contributed by atoms with Crippen molar-refractivity contribution < 1.29 is 0 Å². The molecule has 0 amide bonds. The Labute approximate surface area is 95.5 Å². The lowest BCUT2D eigenvalue weighted by molar-refractivity contribution is 0.785. The molecular weight excluding hydrogens is 179 g/mol. The first-order valence-electron chi connectivity index (χ1n) is 6.29. The molecular formula is C14H23B. The van der Waals surface area contributed by atoms with E-state index in [1.54, 1.807) is 11.1 Å². The van der Waals surface area contributed by atoms with Crippen LogP contribution in [-0.2, 0) is 6.42 Å². The van der Waals surface area contributed by atoms with Gasteiger partial charge in [0.2, 0.25) is 0 Å². The topological polar surface area (TPSA) is 0 Å². The number of unbranched alkanes of at least 4 members (excludes halogenated alkanes) is 1. The van der Waals surface area contributed by atoms with Crippen LogP contribution in [0.1, 0.15) is 55.6 Å². The Balaban J connectivity index is 2.90. The maximum absolute atomic E-state index is 2.33. The van der Waals surface area contributed by atoms with E-state index in [1.807, 2.05) is 0 Å². The van der Waals surface area contributed by atoms with Crippen molar-refractivity contribution in [3.05, 3.63) is 34.9 Å². The van der Waals surface area contributed by atoms with Crippen LogP contribution in [0.25, 0.3) is 0 Å². The van der Waals surface area contributed by atoms with E-state index >= 15 is 0 Å². The van der Waals surface area contributed by atoms with Crippen molar-refractivity contribution in [3.8, 4) is 0 Å². The molecule has 0 fully saturated rings. The zero-order valence-electron chi connectivity index (χ0n) is 10.6. The summed E-state index contributed by atoms with van der Waals surface area (Å²) < 4.78 is 0. The van der Waals surface area contributed by atoms with Crippen molar-refractivity contribution >= 4 is 7.85 Å². The van der Waals surface area contributed by atoms with Gasteiger partial charge < -0.3 is 0 Å². The summed E-state index contributed by atoms with van der Waals surface area (Å²) >= 11 is 0. The van der Waals surface area contributed by atoms with Crippen LogP contribution in [0.2, 0.25) is 0 Å². The third-order valence-electron chi connectivity index (χ3n) is 3.43. The summed E-state index contributed by atoms with van der Waals surface area (Å²) in [6.45, 7) is 6.81. The van der Waals surface area contributed by atoms with Crippen LogP contribution < -0.4 is 0 Å². The normalized spacial score (nSPS) is 12.7. The number of aryl methyl sites for hydroxylation is 1. The van der Waals surface area contributed by atoms with Crippen LogP contribution in [0.15, 0.2) is 18.2 Å². The minimum atomic E-state index is 0.701. The molecule has 0 aliphatic carbocycles. The molecule has 0 bridgehead atoms. The van der Waals surface area contributed by atoms with Crippen LogP contribution in [0.3, 0.4) is 0 Å². The molecule has 15 heavy (non-hydrogen) atoms. The smallest absolute Gasteiger partial charge is 0.0655 e. The van der Waals surface area contributed by atoms with E-state index < -0.39 is 0 Å². The number of hydrogen-bond donors (Lipinski definition) is 0. The average Bonchev–Trinajstić information content (AvgIpc) is 2.27. The maximum Gasteiger partial charge on any atom is 0.111 e. The molecule has 0 N–H and O–H groups in total. The Morgan fingerprint density at radius 2 is 2.00 bits per heavy atom. The van der Waals surface area contributed by atoms with Crippen LogP contribution in [-0.4, -0.2) is 7.85 Å². The summed E-state index contributed by atoms with van der Waals surface area (Å²) in [6.07, 6.45) is 5.07. The molecule has 1 heteroatoms. The maximum atomic E-state index is 2.33. The van der Waals surface area contributed by atoms with Gasteiger partial charge in [0.1, 0.15) is 7.85 Å². The van der Waals surface area contributed by atoms with E-state index in [-0.39, 0.29) is 0 Å². The monoisotopic (exact) mass is 202 g/mol. The molecule has 1 aromatic rings. The molecule has 0 aromatic heterocycles. The third kappa shape index (κ3) is 3.12. The standard InChI is InChI=1S/C14H23B/c1-4-6-8-12-9-7-10-13(11(12)3)14(15)5-2/h7,9-10,14H,4-6,8,15H2,1-3H3. The Morgan fingerprint density at radius 1 is 1.27 bits per heavy atom. The van der Waals surface area contributed by atoms with Gasteiger partial charge in [-0.25, -0.2) is 0 Å². The molecule has 0 aliphatic heterocycles. The molecule has 1 rings (SSSR count). The average molecular weight is 202 g/mol. The second-order valence-electron chi connectivity index (χ2n) is 4.54. The third-order valence-corrected chi connectivity index (χ3v) is 3.43. The quantitative estimate of drug-likeness (QED) is 0.641. The predicted molar refractivity (Wildman–Crippen MR) is 71.4 cm³/mol. The summed E-state index contributed by atoms with van der Waals surface area (Å²) in [5, 5.41) is 0. The summed E-state index contributed by atoms with van der Waals surface area (Å²) in [4.78, 5) is 0. The van der Waals surface area contributed by atoms with Gasteiger partial charge >= 0.3 is 0 Å². The lowest BCUT2D eigenvalue weighted by atomic mass is 9.76. The van der Waals surface area contributed by atoms with Gasteiger partial charge in [-0.15, -0.1) is 0 Å². The second kappa shape index (κ2) is 6.00. The highest BCUT2D eigenvalue weighted by molar-refractivity contribution is 6.12. The largest absolute Gasteiger partial charge is 0.111 e. The van der Waals surface area contributed by atoms with Crippen LogP contribution >= 0.6 is 0 Å². The Morgan fingerprint density at radius 3 is 2.60 bits per heavy atom. The van der Waals surface area contributed by atoms with E-state index in [1.165, 1.54) is 31.2 Å². The van der Waals surface area contributed by atoms with Crippen LogP contribution in [0, 0.1) is 6.92 Å². The summed E-state index contributed by atoms with van der Waals surface area (Å²) in [5.74, 6) is 0.701. The highest BCUT2D eigenvalue weighted by atomic mass is 14.1. The zero-order valence-corrected chi connectivity index (χ0v) is 10.6. The molecule has 0 saturated carbocycles. The van der Waals surface area contributed by atoms with Crippen molar-refractivity contribution in [1.82, 2.24) is 0 Å². The van der Waals surface area contributed by atoms with Crippen LogP contribution in [0.5, 0.6) is 0 Å². The van der Waals surface area contributed by atoms with E-state index in [9.17, 15) is 0 Å². The fourth-order valence-electron chi connectivity index (χ4n) is 2.10. The molecule has 0 heterocycles. The summed E-state index contributed by atoms with van der Waals surface area (Å²) in [6, 6.07) is 6.80. The molecule has 1 unspecified atom stereocenters. The minimum Gasteiger partial charge on any atom is -0.0655 e. The van der Waals surface area contributed by atoms with Crippen molar-refractivity contribution in [3.63, 3.8) is 0 Å². The summed E-state index contributed by atoms with van der Waals surface area (Å²) in [5.41, 5.74) is 4.63. The van der Waals surface area contributed by atoms with Crippen molar-refractivity contribution in [2.45, 2.75) is 52.3 Å². The lowest BCUT2D eigenvalue weighted by Gasteiger charge is -2.15. The molecule has 1 atom stereocenters.